The molecule has 3 aromatic rings. The molecule has 0 atom stereocenters. The zero-order valence-electron chi connectivity index (χ0n) is 12.6. The van der Waals surface area contributed by atoms with Gasteiger partial charge in [0.1, 0.15) is 5.69 Å². The molecule has 6 heteroatoms. The van der Waals surface area contributed by atoms with Crippen LogP contribution in [0.4, 0.5) is 5.95 Å². The number of likely N-dealkylation sites (N-methyl/N-ethyl adjacent to an activating group) is 1. The number of hydrogen-bond acceptors (Lipinski definition) is 6. The van der Waals surface area contributed by atoms with Gasteiger partial charge in [0, 0.05) is 13.1 Å². The molecule has 22 heavy (non-hydrogen) atoms. The highest BCUT2D eigenvalue weighted by Gasteiger charge is 2.10. The monoisotopic (exact) mass is 314 g/mol. The quantitative estimate of drug-likeness (QED) is 0.755. The average Bonchev–Trinajstić information content (AvgIpc) is 3.20. The van der Waals surface area contributed by atoms with Gasteiger partial charge in [-0.3, -0.25) is 0 Å². The molecule has 0 spiro atoms. The molecule has 0 fully saturated rings. The number of nitrogens with one attached hydrogen (secondary N) is 1. The first-order chi connectivity index (χ1) is 10.7. The number of hydrogen-bond donors (Lipinski definition) is 1. The molecule has 3 aromatic heterocycles. The van der Waals surface area contributed by atoms with E-state index in [4.69, 9.17) is 4.42 Å². The Balaban J connectivity index is 1.91. The highest BCUT2D eigenvalue weighted by molar-refractivity contribution is 7.13. The fourth-order valence-electron chi connectivity index (χ4n) is 2.02. The minimum atomic E-state index is 0.624. The van der Waals surface area contributed by atoms with E-state index in [0.717, 1.165) is 35.1 Å². The Morgan fingerprint density at radius 1 is 1.18 bits per heavy atom. The van der Waals surface area contributed by atoms with Crippen LogP contribution in [0.25, 0.3) is 22.0 Å². The molecule has 0 radical (unpaired) electrons. The number of anilines is 1. The Labute approximate surface area is 133 Å². The van der Waals surface area contributed by atoms with Gasteiger partial charge >= 0.3 is 0 Å². The molecule has 0 bridgehead atoms. The van der Waals surface area contributed by atoms with E-state index in [-0.39, 0.29) is 0 Å². The lowest BCUT2D eigenvalue weighted by molar-refractivity contribution is 0.425. The fourth-order valence-corrected chi connectivity index (χ4v) is 2.70. The number of aromatic nitrogens is 2. The van der Waals surface area contributed by atoms with E-state index in [1.807, 2.05) is 43.7 Å². The second-order valence-corrected chi connectivity index (χ2v) is 6.09. The lowest BCUT2D eigenvalue weighted by Gasteiger charge is -2.11. The normalized spacial score (nSPS) is 11.0. The van der Waals surface area contributed by atoms with Crippen molar-refractivity contribution < 1.29 is 4.42 Å². The topological polar surface area (TPSA) is 54.2 Å². The van der Waals surface area contributed by atoms with Crippen LogP contribution in [0, 0.1) is 0 Å². The Hall–Kier alpha value is -2.18. The van der Waals surface area contributed by atoms with Gasteiger partial charge in [-0.25, -0.2) is 9.97 Å². The Morgan fingerprint density at radius 2 is 2.05 bits per heavy atom. The highest BCUT2D eigenvalue weighted by atomic mass is 32.1. The van der Waals surface area contributed by atoms with Crippen molar-refractivity contribution in [3.63, 3.8) is 0 Å². The summed E-state index contributed by atoms with van der Waals surface area (Å²) in [6, 6.07) is 9.81. The SMILES string of the molecule is CN(C)CCNc1nc(-c2ccco2)cc(-c2cccs2)n1. The van der Waals surface area contributed by atoms with Crippen molar-refractivity contribution in [2.75, 3.05) is 32.5 Å². The maximum atomic E-state index is 5.47. The predicted octanol–water partition coefficient (Wildman–Crippen LogP) is 3.44. The Bertz CT molecular complexity index is 655. The average molecular weight is 314 g/mol. The maximum absolute atomic E-state index is 5.47. The van der Waals surface area contributed by atoms with Crippen LogP contribution in [0.5, 0.6) is 0 Å². The second-order valence-electron chi connectivity index (χ2n) is 5.15. The van der Waals surface area contributed by atoms with Crippen molar-refractivity contribution >= 4 is 17.3 Å². The van der Waals surface area contributed by atoms with Crippen molar-refractivity contribution in [1.82, 2.24) is 14.9 Å². The third-order valence-corrected chi connectivity index (χ3v) is 4.01. The molecule has 5 nitrogen and oxygen atoms in total. The molecule has 0 unspecified atom stereocenters. The lowest BCUT2D eigenvalue weighted by atomic mass is 10.2. The van der Waals surface area contributed by atoms with Crippen molar-refractivity contribution in [2.45, 2.75) is 0 Å². The van der Waals surface area contributed by atoms with Gasteiger partial charge in [-0.05, 0) is 43.7 Å². The molecule has 0 aromatic carbocycles. The molecular formula is C16H18N4OS. The summed E-state index contributed by atoms with van der Waals surface area (Å²) in [7, 11) is 4.08. The van der Waals surface area contributed by atoms with Crippen LogP contribution in [-0.2, 0) is 0 Å². The van der Waals surface area contributed by atoms with Gasteiger partial charge in [0.25, 0.3) is 0 Å². The molecule has 1 N–H and O–H groups in total. The molecule has 0 aliphatic heterocycles. The van der Waals surface area contributed by atoms with E-state index in [1.54, 1.807) is 17.6 Å². The van der Waals surface area contributed by atoms with E-state index in [0.29, 0.717) is 5.95 Å². The van der Waals surface area contributed by atoms with Crippen molar-refractivity contribution in [3.05, 3.63) is 42.0 Å². The van der Waals surface area contributed by atoms with E-state index in [2.05, 4.69) is 26.3 Å². The lowest BCUT2D eigenvalue weighted by Crippen LogP contribution is -2.21. The molecular weight excluding hydrogens is 296 g/mol. The molecule has 0 saturated heterocycles. The Morgan fingerprint density at radius 3 is 2.73 bits per heavy atom. The minimum Gasteiger partial charge on any atom is -0.463 e. The maximum Gasteiger partial charge on any atom is 0.223 e. The van der Waals surface area contributed by atoms with Gasteiger partial charge in [0.05, 0.1) is 16.8 Å². The molecule has 114 valence electrons. The molecule has 0 aliphatic carbocycles. The van der Waals surface area contributed by atoms with Crippen molar-refractivity contribution in [3.8, 4) is 22.0 Å². The number of thiophene rings is 1. The van der Waals surface area contributed by atoms with Crippen LogP contribution >= 0.6 is 11.3 Å². The van der Waals surface area contributed by atoms with Gasteiger partial charge in [-0.15, -0.1) is 11.3 Å². The van der Waals surface area contributed by atoms with E-state index in [9.17, 15) is 0 Å². The van der Waals surface area contributed by atoms with Gasteiger partial charge in [-0.1, -0.05) is 6.07 Å². The van der Waals surface area contributed by atoms with Gasteiger partial charge in [0.2, 0.25) is 5.95 Å². The first-order valence-corrected chi connectivity index (χ1v) is 7.96. The van der Waals surface area contributed by atoms with Gasteiger partial charge in [0.15, 0.2) is 5.76 Å². The van der Waals surface area contributed by atoms with Gasteiger partial charge in [-0.2, -0.15) is 0 Å². The zero-order chi connectivity index (χ0) is 15.4. The third-order valence-electron chi connectivity index (χ3n) is 3.12. The summed E-state index contributed by atoms with van der Waals surface area (Å²) in [5, 5.41) is 5.32. The molecule has 3 rings (SSSR count). The summed E-state index contributed by atoms with van der Waals surface area (Å²) in [5.41, 5.74) is 1.69. The molecule has 0 aliphatic rings. The summed E-state index contributed by atoms with van der Waals surface area (Å²) in [6.07, 6.45) is 1.65. The standard InChI is InChI=1S/C16H18N4OS/c1-20(2)8-7-17-16-18-12(14-5-3-9-21-14)11-13(19-16)15-6-4-10-22-15/h3-6,9-11H,7-8H2,1-2H3,(H,17,18,19). The molecule has 0 saturated carbocycles. The Kier molecular flexibility index (Phi) is 4.50. The number of nitrogens with zero attached hydrogens (tertiary/aromatic N) is 3. The summed E-state index contributed by atoms with van der Waals surface area (Å²) >= 11 is 1.66. The highest BCUT2D eigenvalue weighted by Crippen LogP contribution is 2.28. The van der Waals surface area contributed by atoms with Crippen LogP contribution in [0.2, 0.25) is 0 Å². The fraction of sp³-hybridized carbons (Fsp3) is 0.250. The summed E-state index contributed by atoms with van der Waals surface area (Å²) in [4.78, 5) is 12.4. The number of rotatable bonds is 6. The number of furan rings is 1. The second kappa shape index (κ2) is 6.72. The van der Waals surface area contributed by atoms with Gasteiger partial charge < -0.3 is 14.6 Å². The van der Waals surface area contributed by atoms with E-state index < -0.39 is 0 Å². The van der Waals surface area contributed by atoms with Crippen molar-refractivity contribution in [1.29, 1.82) is 0 Å². The van der Waals surface area contributed by atoms with Crippen LogP contribution in [0.1, 0.15) is 0 Å². The van der Waals surface area contributed by atoms with Crippen LogP contribution in [0.15, 0.2) is 46.4 Å². The van der Waals surface area contributed by atoms with Crippen molar-refractivity contribution in [2.24, 2.45) is 0 Å². The predicted molar refractivity (Wildman–Crippen MR) is 90.1 cm³/mol. The minimum absolute atomic E-state index is 0.624. The summed E-state index contributed by atoms with van der Waals surface area (Å²) in [6.45, 7) is 1.71. The zero-order valence-corrected chi connectivity index (χ0v) is 13.4. The molecule has 3 heterocycles. The first kappa shape index (κ1) is 14.7. The third kappa shape index (κ3) is 3.52. The molecule has 0 amide bonds. The largest absolute Gasteiger partial charge is 0.463 e. The van der Waals surface area contributed by atoms with Crippen LogP contribution in [-0.4, -0.2) is 42.1 Å². The van der Waals surface area contributed by atoms with E-state index in [1.165, 1.54) is 0 Å². The summed E-state index contributed by atoms with van der Waals surface area (Å²) < 4.78 is 5.47. The smallest absolute Gasteiger partial charge is 0.223 e. The first-order valence-electron chi connectivity index (χ1n) is 7.08. The van der Waals surface area contributed by atoms with Crippen LogP contribution in [0.3, 0.4) is 0 Å². The van der Waals surface area contributed by atoms with Crippen LogP contribution < -0.4 is 5.32 Å². The summed E-state index contributed by atoms with van der Waals surface area (Å²) in [5.74, 6) is 1.37. The van der Waals surface area contributed by atoms with E-state index >= 15 is 0 Å².